The summed E-state index contributed by atoms with van der Waals surface area (Å²) in [5.41, 5.74) is 0.284. The molecule has 1 aromatic heterocycles. The Hall–Kier alpha value is -1.60. The largest absolute Gasteiger partial charge is 0.479 e. The second-order valence-electron chi connectivity index (χ2n) is 7.14. The van der Waals surface area contributed by atoms with Crippen LogP contribution in [0.4, 0.5) is 0 Å². The molecule has 0 saturated carbocycles. The maximum Gasteiger partial charge on any atom is 0.292 e. The Bertz CT molecular complexity index is 564. The van der Waals surface area contributed by atoms with Gasteiger partial charge in [0.1, 0.15) is 0 Å². The van der Waals surface area contributed by atoms with E-state index >= 15 is 0 Å². The number of nitrogens with zero attached hydrogens (tertiary/aromatic N) is 4. The number of amides is 1. The van der Waals surface area contributed by atoms with Gasteiger partial charge in [0, 0.05) is 31.7 Å². The van der Waals surface area contributed by atoms with Gasteiger partial charge in [-0.1, -0.05) is 0 Å². The second-order valence-corrected chi connectivity index (χ2v) is 7.14. The summed E-state index contributed by atoms with van der Waals surface area (Å²) in [6.07, 6.45) is 4.59. The number of hydrogen-bond donors (Lipinski definition) is 0. The van der Waals surface area contributed by atoms with Crippen molar-refractivity contribution in [2.75, 3.05) is 53.9 Å². The summed E-state index contributed by atoms with van der Waals surface area (Å²) in [4.78, 5) is 19.3. The predicted molar refractivity (Wildman–Crippen MR) is 90.3 cm³/mol. The van der Waals surface area contributed by atoms with Gasteiger partial charge in [-0.15, -0.1) is 0 Å². The summed E-state index contributed by atoms with van der Waals surface area (Å²) in [6, 6.07) is 1.56. The van der Waals surface area contributed by atoms with Gasteiger partial charge in [-0.2, -0.15) is 0 Å². The average Bonchev–Trinajstić information content (AvgIpc) is 3.20. The zero-order valence-electron chi connectivity index (χ0n) is 15.0. The maximum atomic E-state index is 12.5. The molecular formula is C17H28N4O3. The minimum Gasteiger partial charge on any atom is -0.479 e. The number of methoxy groups -OCH3 is 1. The molecule has 0 aliphatic carbocycles. The van der Waals surface area contributed by atoms with Crippen molar-refractivity contribution in [1.82, 2.24) is 19.9 Å². The molecule has 0 N–H and O–H groups in total. The van der Waals surface area contributed by atoms with Crippen LogP contribution in [0.5, 0.6) is 5.88 Å². The van der Waals surface area contributed by atoms with Crippen LogP contribution in [0.1, 0.15) is 36.2 Å². The summed E-state index contributed by atoms with van der Waals surface area (Å²) in [5, 5.41) is 3.72. The Morgan fingerprint density at radius 1 is 1.33 bits per heavy atom. The molecular weight excluding hydrogens is 308 g/mol. The zero-order valence-corrected chi connectivity index (χ0v) is 15.0. The number of piperidine rings is 1. The summed E-state index contributed by atoms with van der Waals surface area (Å²) < 4.78 is 10.1. The molecule has 2 fully saturated rings. The average molecular weight is 336 g/mol. The number of carbonyl (C=O) groups excluding carboxylic acids is 1. The number of ether oxygens (including phenoxy) is 1. The fourth-order valence-electron chi connectivity index (χ4n) is 3.97. The Morgan fingerprint density at radius 3 is 2.71 bits per heavy atom. The molecule has 24 heavy (non-hydrogen) atoms. The number of hydrogen-bond acceptors (Lipinski definition) is 6. The lowest BCUT2D eigenvalue weighted by Gasteiger charge is -2.45. The summed E-state index contributed by atoms with van der Waals surface area (Å²) >= 11 is 0. The zero-order chi connectivity index (χ0) is 17.2. The highest BCUT2D eigenvalue weighted by molar-refractivity contribution is 5.91. The van der Waals surface area contributed by atoms with E-state index in [0.29, 0.717) is 5.88 Å². The monoisotopic (exact) mass is 336 g/mol. The number of carbonyl (C=O) groups is 1. The van der Waals surface area contributed by atoms with Crippen molar-refractivity contribution >= 4 is 5.91 Å². The molecule has 0 bridgehead atoms. The molecule has 1 amide bonds. The van der Waals surface area contributed by atoms with Crippen LogP contribution < -0.4 is 4.74 Å². The van der Waals surface area contributed by atoms with Crippen LogP contribution in [0.15, 0.2) is 10.6 Å². The first-order chi connectivity index (χ1) is 11.5. The van der Waals surface area contributed by atoms with Crippen molar-refractivity contribution < 1.29 is 14.1 Å². The molecule has 1 aromatic rings. The van der Waals surface area contributed by atoms with Crippen LogP contribution in [-0.2, 0) is 0 Å². The maximum absolute atomic E-state index is 12.5. The molecule has 7 nitrogen and oxygen atoms in total. The highest BCUT2D eigenvalue weighted by atomic mass is 16.5. The van der Waals surface area contributed by atoms with E-state index in [1.54, 1.807) is 6.07 Å². The topological polar surface area (TPSA) is 62.1 Å². The predicted octanol–water partition coefficient (Wildman–Crippen LogP) is 1.32. The Balaban J connectivity index is 1.59. The fraction of sp³-hybridized carbons (Fsp3) is 0.765. The highest BCUT2D eigenvalue weighted by Gasteiger charge is 2.43. The van der Waals surface area contributed by atoms with Crippen molar-refractivity contribution in [2.45, 2.75) is 31.2 Å². The third-order valence-corrected chi connectivity index (χ3v) is 5.45. The number of likely N-dealkylation sites (tertiary alicyclic amines) is 2. The summed E-state index contributed by atoms with van der Waals surface area (Å²) in [7, 11) is 5.75. The Labute approximate surface area is 143 Å². The molecule has 3 heterocycles. The van der Waals surface area contributed by atoms with Crippen molar-refractivity contribution in [1.29, 1.82) is 0 Å². The smallest absolute Gasteiger partial charge is 0.292 e. The quantitative estimate of drug-likeness (QED) is 0.808. The van der Waals surface area contributed by atoms with Gasteiger partial charge in [-0.05, 0) is 51.5 Å². The molecule has 134 valence electrons. The van der Waals surface area contributed by atoms with Gasteiger partial charge >= 0.3 is 0 Å². The number of likely N-dealkylation sites (N-methyl/N-ethyl adjacent to an activating group) is 1. The normalized spacial score (nSPS) is 20.9. The molecule has 0 unspecified atom stereocenters. The fourth-order valence-corrected chi connectivity index (χ4v) is 3.97. The van der Waals surface area contributed by atoms with E-state index in [4.69, 9.17) is 9.26 Å². The van der Waals surface area contributed by atoms with E-state index < -0.39 is 0 Å². The van der Waals surface area contributed by atoms with Crippen LogP contribution >= 0.6 is 0 Å². The van der Waals surface area contributed by atoms with Gasteiger partial charge in [0.15, 0.2) is 0 Å². The molecule has 1 spiro atoms. The van der Waals surface area contributed by atoms with Gasteiger partial charge in [0.25, 0.3) is 11.8 Å². The van der Waals surface area contributed by atoms with Gasteiger partial charge in [-0.3, -0.25) is 9.69 Å². The van der Waals surface area contributed by atoms with E-state index in [9.17, 15) is 4.79 Å². The molecule has 7 heteroatoms. The van der Waals surface area contributed by atoms with Crippen LogP contribution in [0.3, 0.4) is 0 Å². The van der Waals surface area contributed by atoms with Crippen LogP contribution in [0.25, 0.3) is 0 Å². The van der Waals surface area contributed by atoms with Crippen LogP contribution in [0, 0.1) is 0 Å². The summed E-state index contributed by atoms with van der Waals surface area (Å²) in [5.74, 6) is 0.523. The first-order valence-electron chi connectivity index (χ1n) is 8.74. The lowest BCUT2D eigenvalue weighted by atomic mass is 9.85. The van der Waals surface area contributed by atoms with Crippen molar-refractivity contribution in [3.05, 3.63) is 11.8 Å². The number of aromatic nitrogens is 1. The highest BCUT2D eigenvalue weighted by Crippen LogP contribution is 2.38. The molecule has 2 aliphatic rings. The van der Waals surface area contributed by atoms with Gasteiger partial charge in [0.05, 0.1) is 13.2 Å². The Morgan fingerprint density at radius 2 is 2.08 bits per heavy atom. The third kappa shape index (κ3) is 3.42. The van der Waals surface area contributed by atoms with Crippen LogP contribution in [0.2, 0.25) is 0 Å². The Kier molecular flexibility index (Phi) is 5.10. The van der Waals surface area contributed by atoms with E-state index in [0.717, 1.165) is 39.0 Å². The van der Waals surface area contributed by atoms with Crippen LogP contribution in [-0.4, -0.2) is 85.2 Å². The number of rotatable bonds is 5. The van der Waals surface area contributed by atoms with Crippen molar-refractivity contribution in [2.24, 2.45) is 0 Å². The summed E-state index contributed by atoms with van der Waals surface area (Å²) in [6.45, 7) is 4.93. The standard InChI is InChI=1S/C17H28N4O3/c1-19(2)11-12-21-8-4-5-17(21)6-9-20(10-7-17)16(22)14-13-15(23-3)18-24-14/h13H,4-12H2,1-3H3. The minimum absolute atomic E-state index is 0.0847. The molecule has 0 radical (unpaired) electrons. The first-order valence-corrected chi connectivity index (χ1v) is 8.74. The molecule has 2 saturated heterocycles. The minimum atomic E-state index is -0.0847. The SMILES string of the molecule is COc1cc(C(=O)N2CCC3(CCCN3CCN(C)C)CC2)on1. The molecule has 0 atom stereocenters. The molecule has 2 aliphatic heterocycles. The van der Waals surface area contributed by atoms with Gasteiger partial charge < -0.3 is 19.1 Å². The second kappa shape index (κ2) is 7.11. The third-order valence-electron chi connectivity index (χ3n) is 5.45. The van der Waals surface area contributed by atoms with E-state index in [1.165, 1.54) is 26.5 Å². The lowest BCUT2D eigenvalue weighted by molar-refractivity contribution is 0.0368. The van der Waals surface area contributed by atoms with E-state index in [1.807, 2.05) is 4.90 Å². The molecule has 3 rings (SSSR count). The van der Waals surface area contributed by atoms with Gasteiger partial charge in [-0.25, -0.2) is 0 Å². The van der Waals surface area contributed by atoms with Crippen molar-refractivity contribution in [3.63, 3.8) is 0 Å². The van der Waals surface area contributed by atoms with Crippen molar-refractivity contribution in [3.8, 4) is 5.88 Å². The lowest BCUT2D eigenvalue weighted by Crippen LogP contribution is -2.54. The first kappa shape index (κ1) is 17.2. The van der Waals surface area contributed by atoms with Gasteiger partial charge in [0.2, 0.25) is 5.76 Å². The van der Waals surface area contributed by atoms with E-state index in [2.05, 4.69) is 29.1 Å². The van der Waals surface area contributed by atoms with E-state index in [-0.39, 0.29) is 17.2 Å². The molecule has 0 aromatic carbocycles.